The monoisotopic (exact) mass is 422 g/mol. The third kappa shape index (κ3) is 4.41. The Morgan fingerprint density at radius 2 is 2.00 bits per heavy atom. The Hall–Kier alpha value is -3.72. The Morgan fingerprint density at radius 1 is 1.26 bits per heavy atom. The number of nitrogens with one attached hydrogen (secondary N) is 1. The molecule has 0 radical (unpaired) electrons. The van der Waals surface area contributed by atoms with Crippen LogP contribution in [-0.2, 0) is 4.74 Å². The summed E-state index contributed by atoms with van der Waals surface area (Å²) in [6, 6.07) is 13.1. The zero-order valence-corrected chi connectivity index (χ0v) is 17.0. The lowest BCUT2D eigenvalue weighted by Gasteiger charge is -2.04. The van der Waals surface area contributed by atoms with E-state index < -0.39 is 4.92 Å². The van der Waals surface area contributed by atoms with Crippen LogP contribution >= 0.6 is 0 Å². The van der Waals surface area contributed by atoms with E-state index in [0.29, 0.717) is 29.2 Å². The molecule has 0 aliphatic carbocycles. The van der Waals surface area contributed by atoms with E-state index in [1.807, 2.05) is 24.3 Å². The first-order valence-corrected chi connectivity index (χ1v) is 9.92. The number of aromatic nitrogens is 2. The first-order valence-electron chi connectivity index (χ1n) is 9.92. The highest BCUT2D eigenvalue weighted by atomic mass is 16.6. The lowest BCUT2D eigenvalue weighted by atomic mass is 10.1. The molecular formula is C22H22N4O5. The molecule has 0 unspecified atom stereocenters. The number of aromatic amines is 1. The summed E-state index contributed by atoms with van der Waals surface area (Å²) in [7, 11) is 1.59. The largest absolute Gasteiger partial charge is 0.497 e. The molecule has 31 heavy (non-hydrogen) atoms. The molecule has 1 saturated heterocycles. The van der Waals surface area contributed by atoms with Gasteiger partial charge in [-0.2, -0.15) is 0 Å². The Morgan fingerprint density at radius 3 is 2.61 bits per heavy atom. The van der Waals surface area contributed by atoms with Gasteiger partial charge in [0, 0.05) is 30.5 Å². The minimum atomic E-state index is -0.479. The van der Waals surface area contributed by atoms with Gasteiger partial charge >= 0.3 is 0 Å². The number of benzene rings is 2. The topological polar surface area (TPSA) is 112 Å². The van der Waals surface area contributed by atoms with Crippen molar-refractivity contribution in [3.63, 3.8) is 0 Å². The van der Waals surface area contributed by atoms with Crippen LogP contribution in [0.1, 0.15) is 18.4 Å². The molecule has 3 aromatic rings. The van der Waals surface area contributed by atoms with Crippen molar-refractivity contribution in [2.24, 2.45) is 4.99 Å². The summed E-state index contributed by atoms with van der Waals surface area (Å²) in [6.45, 7) is 1.23. The number of non-ortho nitro benzene ring substituents is 1. The molecule has 160 valence electrons. The van der Waals surface area contributed by atoms with E-state index in [1.165, 1.54) is 28.9 Å². The molecule has 0 spiro atoms. The highest BCUT2D eigenvalue weighted by molar-refractivity contribution is 5.88. The summed E-state index contributed by atoms with van der Waals surface area (Å²) in [4.78, 5) is 28.1. The second kappa shape index (κ2) is 8.97. The lowest BCUT2D eigenvalue weighted by Crippen LogP contribution is -2.17. The van der Waals surface area contributed by atoms with Crippen LogP contribution in [0.4, 0.5) is 5.69 Å². The number of nitro groups is 1. The predicted molar refractivity (Wildman–Crippen MR) is 116 cm³/mol. The Balaban J connectivity index is 1.73. The SMILES string of the molecule is COc1ccc(-c2[nH]n(-c3ccc([N+](=O)[O-])cc3)c(=O)c2C=NC[C@H]2CCCO2)cc1. The number of rotatable bonds is 7. The zero-order chi connectivity index (χ0) is 21.8. The Labute approximate surface area is 178 Å². The molecule has 0 amide bonds. The molecule has 1 aliphatic heterocycles. The highest BCUT2D eigenvalue weighted by Crippen LogP contribution is 2.23. The van der Waals surface area contributed by atoms with Crippen molar-refractivity contribution in [1.82, 2.24) is 9.78 Å². The van der Waals surface area contributed by atoms with Gasteiger partial charge in [-0.1, -0.05) is 0 Å². The van der Waals surface area contributed by atoms with Gasteiger partial charge in [-0.05, 0) is 49.2 Å². The van der Waals surface area contributed by atoms with Crippen LogP contribution < -0.4 is 10.3 Å². The summed E-state index contributed by atoms with van der Waals surface area (Å²) < 4.78 is 12.2. The number of hydrogen-bond acceptors (Lipinski definition) is 6. The second-order valence-electron chi connectivity index (χ2n) is 7.17. The molecule has 1 N–H and O–H groups in total. The molecule has 0 bridgehead atoms. The van der Waals surface area contributed by atoms with Crippen LogP contribution in [0, 0.1) is 10.1 Å². The molecule has 9 nitrogen and oxygen atoms in total. The Kier molecular flexibility index (Phi) is 5.94. The van der Waals surface area contributed by atoms with Gasteiger partial charge in [-0.3, -0.25) is 25.0 Å². The molecule has 9 heteroatoms. The van der Waals surface area contributed by atoms with Crippen molar-refractivity contribution < 1.29 is 14.4 Å². The number of H-pyrrole nitrogens is 1. The fourth-order valence-electron chi connectivity index (χ4n) is 3.50. The third-order valence-corrected chi connectivity index (χ3v) is 5.18. The molecule has 0 saturated carbocycles. The van der Waals surface area contributed by atoms with Crippen LogP contribution in [0.3, 0.4) is 0 Å². The van der Waals surface area contributed by atoms with E-state index in [9.17, 15) is 14.9 Å². The molecular weight excluding hydrogens is 400 g/mol. The van der Waals surface area contributed by atoms with E-state index in [1.54, 1.807) is 13.3 Å². The van der Waals surface area contributed by atoms with Gasteiger partial charge < -0.3 is 9.47 Å². The normalized spacial score (nSPS) is 16.1. The van der Waals surface area contributed by atoms with Crippen molar-refractivity contribution in [2.45, 2.75) is 18.9 Å². The predicted octanol–water partition coefficient (Wildman–Crippen LogP) is 3.35. The molecule has 1 aliphatic rings. The van der Waals surface area contributed by atoms with Gasteiger partial charge in [-0.25, -0.2) is 4.68 Å². The van der Waals surface area contributed by atoms with Gasteiger partial charge in [0.2, 0.25) is 0 Å². The van der Waals surface area contributed by atoms with E-state index >= 15 is 0 Å². The maximum atomic E-state index is 13.2. The molecule has 1 atom stereocenters. The van der Waals surface area contributed by atoms with Gasteiger partial charge in [0.05, 0.1) is 41.6 Å². The number of nitrogens with zero attached hydrogens (tertiary/aromatic N) is 3. The van der Waals surface area contributed by atoms with Crippen molar-refractivity contribution in [1.29, 1.82) is 0 Å². The van der Waals surface area contributed by atoms with Crippen molar-refractivity contribution >= 4 is 11.9 Å². The van der Waals surface area contributed by atoms with Crippen molar-refractivity contribution in [3.8, 4) is 22.7 Å². The lowest BCUT2D eigenvalue weighted by molar-refractivity contribution is -0.384. The smallest absolute Gasteiger partial charge is 0.280 e. The van der Waals surface area contributed by atoms with E-state index in [4.69, 9.17) is 9.47 Å². The van der Waals surface area contributed by atoms with Crippen LogP contribution in [0.5, 0.6) is 5.75 Å². The van der Waals surface area contributed by atoms with Crippen molar-refractivity contribution in [2.75, 3.05) is 20.3 Å². The molecule has 1 fully saturated rings. The van der Waals surface area contributed by atoms with Gasteiger partial charge in [0.15, 0.2) is 0 Å². The first-order chi connectivity index (χ1) is 15.1. The van der Waals surface area contributed by atoms with Crippen LogP contribution in [0.15, 0.2) is 58.3 Å². The first kappa shape index (κ1) is 20.5. The molecule has 4 rings (SSSR count). The summed E-state index contributed by atoms with van der Waals surface area (Å²) in [6.07, 6.45) is 3.63. The fraction of sp³-hybridized carbons (Fsp3) is 0.273. The molecule has 2 aromatic carbocycles. The number of ether oxygens (including phenoxy) is 2. The molecule has 2 heterocycles. The maximum Gasteiger partial charge on any atom is 0.280 e. The average molecular weight is 422 g/mol. The zero-order valence-electron chi connectivity index (χ0n) is 17.0. The van der Waals surface area contributed by atoms with Crippen LogP contribution in [0.25, 0.3) is 16.9 Å². The van der Waals surface area contributed by atoms with Crippen LogP contribution in [-0.4, -0.2) is 47.3 Å². The van der Waals surface area contributed by atoms with E-state index in [0.717, 1.165) is 25.0 Å². The summed E-state index contributed by atoms with van der Waals surface area (Å²) in [5.74, 6) is 0.703. The second-order valence-corrected chi connectivity index (χ2v) is 7.17. The highest BCUT2D eigenvalue weighted by Gasteiger charge is 2.18. The van der Waals surface area contributed by atoms with Gasteiger partial charge in [0.1, 0.15) is 5.75 Å². The minimum Gasteiger partial charge on any atom is -0.497 e. The quantitative estimate of drug-likeness (QED) is 0.357. The molecule has 1 aromatic heterocycles. The van der Waals surface area contributed by atoms with E-state index in [-0.39, 0.29) is 17.4 Å². The number of aliphatic imine (C=N–C) groups is 1. The number of methoxy groups -OCH3 is 1. The minimum absolute atomic E-state index is 0.0444. The fourth-order valence-corrected chi connectivity index (χ4v) is 3.50. The third-order valence-electron chi connectivity index (χ3n) is 5.18. The van der Waals surface area contributed by atoms with Gasteiger partial charge in [0.25, 0.3) is 11.2 Å². The summed E-state index contributed by atoms with van der Waals surface area (Å²) in [5.41, 5.74) is 1.94. The van der Waals surface area contributed by atoms with Gasteiger partial charge in [-0.15, -0.1) is 0 Å². The average Bonchev–Trinajstić information content (AvgIpc) is 3.42. The van der Waals surface area contributed by atoms with E-state index in [2.05, 4.69) is 10.1 Å². The number of nitro benzene ring substituents is 1. The maximum absolute atomic E-state index is 13.2. The summed E-state index contributed by atoms with van der Waals surface area (Å²) in [5, 5.41) is 14.0. The standard InChI is InChI=1S/C22H22N4O5/c1-30-18-10-4-15(5-11-18)21-20(14-23-13-19-3-2-12-31-19)22(27)25(24-21)16-6-8-17(9-7-16)26(28)29/h4-11,14,19,24H,2-3,12-13H2,1H3/t19-/m1/s1. The van der Waals surface area contributed by atoms with Crippen LogP contribution in [0.2, 0.25) is 0 Å². The Bertz CT molecular complexity index is 1140. The summed E-state index contributed by atoms with van der Waals surface area (Å²) >= 11 is 0. The number of hydrogen-bond donors (Lipinski definition) is 1. The van der Waals surface area contributed by atoms with Crippen molar-refractivity contribution in [3.05, 3.63) is 74.6 Å².